The Morgan fingerprint density at radius 3 is 1.52 bits per heavy atom. The Morgan fingerprint density at radius 2 is 1.17 bits per heavy atom. The van der Waals surface area contributed by atoms with Crippen molar-refractivity contribution in [1.29, 1.82) is 0 Å². The minimum Gasteiger partial charge on any atom is -0.258 e. The van der Waals surface area contributed by atoms with Crippen LogP contribution in [-0.2, 0) is 0 Å². The van der Waals surface area contributed by atoms with E-state index in [2.05, 4.69) is 0 Å². The highest BCUT2D eigenvalue weighted by molar-refractivity contribution is 5.49. The predicted octanol–water partition coefficient (Wildman–Crippen LogP) is -2.98. The quantitative estimate of drug-likeness (QED) is 0.320. The largest absolute Gasteiger partial charge is 0.282 e. The summed E-state index contributed by atoms with van der Waals surface area (Å²) in [5, 5.41) is 21.5. The van der Waals surface area contributed by atoms with Gasteiger partial charge < -0.3 is 0 Å². The minimum absolute atomic E-state index is 0.310. The first-order valence-corrected chi connectivity index (χ1v) is 6.83. The number of hydrogen-bond acceptors (Lipinski definition) is 8. The van der Waals surface area contributed by atoms with Crippen molar-refractivity contribution >= 4 is 11.4 Å². The van der Waals surface area contributed by atoms with Crippen LogP contribution in [0.5, 0.6) is 0 Å². The number of pyridine rings is 1. The fraction of sp³-hybridized carbons (Fsp3) is 0. The van der Waals surface area contributed by atoms with Gasteiger partial charge in [-0.1, -0.05) is 6.07 Å². The minimum atomic E-state index is -4.94. The summed E-state index contributed by atoms with van der Waals surface area (Å²) in [5.41, 5.74) is -0.248. The third-order valence-corrected chi connectivity index (χ3v) is 2.32. The predicted molar refractivity (Wildman–Crippen MR) is 61.3 cm³/mol. The highest BCUT2D eigenvalue weighted by Gasteiger charge is 2.20. The normalized spacial score (nSPS) is 10.4. The molecule has 1 heterocycles. The number of rotatable bonds is 3. The molecule has 2 aromatic rings. The summed E-state index contributed by atoms with van der Waals surface area (Å²) in [7, 11) is -4.94. The van der Waals surface area contributed by atoms with Gasteiger partial charge in [-0.25, -0.2) is 18.6 Å². The topological polar surface area (TPSA) is 182 Å². The van der Waals surface area contributed by atoms with Gasteiger partial charge in [0.05, 0.1) is 28.0 Å². The number of non-ortho nitro benzene ring substituents is 2. The van der Waals surface area contributed by atoms with Gasteiger partial charge in [0, 0.05) is 12.1 Å². The zero-order chi connectivity index (χ0) is 17.6. The number of benzene rings is 1. The first kappa shape index (κ1) is 18.3. The molecule has 12 heteroatoms. The van der Waals surface area contributed by atoms with Crippen molar-refractivity contribution in [1.82, 2.24) is 0 Å². The molecule has 2 rings (SSSR count). The number of nitrogens with zero attached hydrogens (tertiary/aromatic N) is 3. The van der Waals surface area contributed by atoms with Crippen LogP contribution in [0, 0.1) is 30.5 Å². The van der Waals surface area contributed by atoms with Gasteiger partial charge in [-0.2, -0.15) is 4.57 Å². The molecule has 0 aliphatic carbocycles. The Labute approximate surface area is 130 Å². The molecule has 0 saturated heterocycles. The monoisotopic (exact) mass is 345 g/mol. The van der Waals surface area contributed by atoms with E-state index in [1.54, 1.807) is 35.2 Å². The van der Waals surface area contributed by atoms with Gasteiger partial charge in [0.15, 0.2) is 12.4 Å². The lowest BCUT2D eigenvalue weighted by Crippen LogP contribution is -2.68. The third kappa shape index (κ3) is 6.73. The Kier molecular flexibility index (Phi) is 6.01. The molecule has 0 spiro atoms. The lowest BCUT2D eigenvalue weighted by Gasteiger charge is -2.17. The van der Waals surface area contributed by atoms with E-state index in [0.29, 0.717) is 5.69 Å². The number of nitro groups is 2. The SMILES string of the molecule is O=[N+]([O-])c1cc([N+](=O)[O-])cc(-[n+]2ccccc2)c1.[O-][Cl+3]([O-])([O-])[O-]. The van der Waals surface area contributed by atoms with Crippen LogP contribution in [0.25, 0.3) is 5.69 Å². The second-order valence-corrected chi connectivity index (χ2v) is 4.64. The van der Waals surface area contributed by atoms with Crippen LogP contribution in [0.4, 0.5) is 11.4 Å². The fourth-order valence-electron chi connectivity index (χ4n) is 1.51. The molecule has 0 radical (unpaired) electrons. The van der Waals surface area contributed by atoms with E-state index >= 15 is 0 Å². The van der Waals surface area contributed by atoms with Crippen LogP contribution in [0.1, 0.15) is 0 Å². The van der Waals surface area contributed by atoms with Crippen molar-refractivity contribution in [3.8, 4) is 5.69 Å². The molecule has 0 aliphatic heterocycles. The summed E-state index contributed by atoms with van der Waals surface area (Å²) >= 11 is 0. The molecule has 0 amide bonds. The summed E-state index contributed by atoms with van der Waals surface area (Å²) in [5.74, 6) is 0. The van der Waals surface area contributed by atoms with Gasteiger partial charge in [0.2, 0.25) is 5.69 Å². The molecule has 0 atom stereocenters. The Morgan fingerprint density at radius 1 is 0.783 bits per heavy atom. The number of nitro benzene ring substituents is 2. The molecule has 0 saturated carbocycles. The molecule has 11 nitrogen and oxygen atoms in total. The van der Waals surface area contributed by atoms with Crippen molar-refractivity contribution in [2.75, 3.05) is 0 Å². The fourth-order valence-corrected chi connectivity index (χ4v) is 1.51. The lowest BCUT2D eigenvalue weighted by atomic mass is 10.2. The standard InChI is InChI=1S/C11H8N3O4.ClHO4/c15-13(16)10-6-9(7-11(8-10)14(17)18)12-4-2-1-3-5-12;2-1(3,4)5/h1-8H;(H,2,3,4,5)/q+1;/p-1. The van der Waals surface area contributed by atoms with Crippen molar-refractivity contribution in [3.05, 3.63) is 69.0 Å². The summed E-state index contributed by atoms with van der Waals surface area (Å²) in [6, 6.07) is 8.74. The maximum Gasteiger partial charge on any atom is 0.282 e. The molecule has 0 fully saturated rings. The second-order valence-electron chi connectivity index (χ2n) is 3.88. The average Bonchev–Trinajstić information content (AvgIpc) is 2.46. The highest BCUT2D eigenvalue weighted by atomic mass is 35.7. The highest BCUT2D eigenvalue weighted by Crippen LogP contribution is 2.22. The van der Waals surface area contributed by atoms with Gasteiger partial charge in [0.1, 0.15) is 0 Å². The molecule has 0 N–H and O–H groups in total. The lowest BCUT2D eigenvalue weighted by molar-refractivity contribution is -2.00. The van der Waals surface area contributed by atoms with Crippen molar-refractivity contribution in [2.45, 2.75) is 0 Å². The van der Waals surface area contributed by atoms with Crippen LogP contribution >= 0.6 is 0 Å². The van der Waals surface area contributed by atoms with Crippen molar-refractivity contribution in [3.63, 3.8) is 0 Å². The van der Waals surface area contributed by atoms with E-state index in [9.17, 15) is 20.2 Å². The van der Waals surface area contributed by atoms with E-state index in [0.717, 1.165) is 6.07 Å². The Balaban J connectivity index is 0.000000463. The molecular weight excluding hydrogens is 338 g/mol. The maximum atomic E-state index is 10.7. The first-order valence-electron chi connectivity index (χ1n) is 5.60. The molecule has 0 aliphatic rings. The maximum absolute atomic E-state index is 10.7. The van der Waals surface area contributed by atoms with Crippen LogP contribution < -0.4 is 23.2 Å². The summed E-state index contributed by atoms with van der Waals surface area (Å²) in [6.07, 6.45) is 3.31. The summed E-state index contributed by atoms with van der Waals surface area (Å²) in [6.45, 7) is 0. The van der Waals surface area contributed by atoms with Gasteiger partial charge in [0.25, 0.3) is 11.4 Å². The van der Waals surface area contributed by atoms with E-state index in [-0.39, 0.29) is 11.4 Å². The van der Waals surface area contributed by atoms with E-state index < -0.39 is 20.1 Å². The summed E-state index contributed by atoms with van der Waals surface area (Å²) < 4.78 is 35.5. The van der Waals surface area contributed by atoms with Crippen molar-refractivity contribution in [2.24, 2.45) is 0 Å². The number of hydrogen-bond donors (Lipinski definition) is 0. The third-order valence-electron chi connectivity index (χ3n) is 2.32. The second kappa shape index (κ2) is 7.53. The summed E-state index contributed by atoms with van der Waals surface area (Å²) in [4.78, 5) is 20.2. The molecule has 1 aromatic carbocycles. The Hall–Kier alpha value is -2.70. The van der Waals surface area contributed by atoms with Gasteiger partial charge in [-0.15, -0.1) is 10.2 Å². The first-order chi connectivity index (χ1) is 10.6. The van der Waals surface area contributed by atoms with E-state index in [4.69, 9.17) is 18.6 Å². The van der Waals surface area contributed by atoms with Crippen LogP contribution in [0.3, 0.4) is 0 Å². The van der Waals surface area contributed by atoms with Gasteiger partial charge in [-0.3, -0.25) is 20.2 Å². The average molecular weight is 346 g/mol. The number of aromatic nitrogens is 1. The molecule has 0 bridgehead atoms. The van der Waals surface area contributed by atoms with Gasteiger partial charge >= 0.3 is 0 Å². The Bertz CT molecular complexity index is 666. The smallest absolute Gasteiger partial charge is 0.258 e. The van der Waals surface area contributed by atoms with Crippen molar-refractivity contribution < 1.29 is 43.3 Å². The van der Waals surface area contributed by atoms with Crippen LogP contribution in [-0.4, -0.2) is 9.85 Å². The molecule has 0 unspecified atom stereocenters. The number of halogens is 1. The zero-order valence-electron chi connectivity index (χ0n) is 11.1. The van der Waals surface area contributed by atoms with Gasteiger partial charge in [-0.05, 0) is 0 Å². The van der Waals surface area contributed by atoms with Crippen LogP contribution in [0.2, 0.25) is 0 Å². The van der Waals surface area contributed by atoms with Crippen LogP contribution in [0.15, 0.2) is 48.8 Å². The van der Waals surface area contributed by atoms with E-state index in [1.807, 2.05) is 0 Å². The molecule has 122 valence electrons. The molecular formula is C11H8ClN3O8. The molecule has 23 heavy (non-hydrogen) atoms. The van der Waals surface area contributed by atoms with E-state index in [1.165, 1.54) is 12.1 Å². The zero-order valence-corrected chi connectivity index (χ0v) is 11.9. The molecule has 1 aromatic heterocycles.